The van der Waals surface area contributed by atoms with Gasteiger partial charge in [0.1, 0.15) is 0 Å². The monoisotopic (exact) mass is 350 g/mol. The van der Waals surface area contributed by atoms with Crippen molar-refractivity contribution in [2.45, 2.75) is 18.7 Å². The van der Waals surface area contributed by atoms with E-state index in [4.69, 9.17) is 11.6 Å². The molecule has 0 saturated heterocycles. The third-order valence-electron chi connectivity index (χ3n) is 3.15. The highest BCUT2D eigenvalue weighted by molar-refractivity contribution is 7.99. The van der Waals surface area contributed by atoms with Crippen LogP contribution in [0.2, 0.25) is 5.02 Å². The summed E-state index contributed by atoms with van der Waals surface area (Å²) >= 11 is 7.59. The van der Waals surface area contributed by atoms with Crippen LogP contribution in [0.1, 0.15) is 22.8 Å². The number of carbonyl (C=O) groups excluding carboxylic acids is 1. The number of amides is 1. The van der Waals surface area contributed by atoms with E-state index < -0.39 is 4.92 Å². The summed E-state index contributed by atoms with van der Waals surface area (Å²) in [6.45, 7) is 3.62. The van der Waals surface area contributed by atoms with Crippen molar-refractivity contribution in [1.29, 1.82) is 0 Å². The Balaban J connectivity index is 2.27. The zero-order chi connectivity index (χ0) is 17.0. The first-order valence-corrected chi connectivity index (χ1v) is 8.27. The number of hydrogen-bond acceptors (Lipinski definition) is 4. The number of nitro benzene ring substituents is 1. The largest absolute Gasteiger partial charge is 0.321 e. The molecular formula is C16H15ClN2O3S. The van der Waals surface area contributed by atoms with Crippen molar-refractivity contribution in [3.63, 3.8) is 0 Å². The van der Waals surface area contributed by atoms with Gasteiger partial charge >= 0.3 is 0 Å². The quantitative estimate of drug-likeness (QED) is 0.472. The summed E-state index contributed by atoms with van der Waals surface area (Å²) in [5.41, 5.74) is 1.43. The molecule has 120 valence electrons. The number of aryl methyl sites for hydroxylation is 1. The Kier molecular flexibility index (Phi) is 5.63. The van der Waals surface area contributed by atoms with Crippen LogP contribution in [0, 0.1) is 17.0 Å². The fourth-order valence-corrected chi connectivity index (χ4v) is 2.99. The van der Waals surface area contributed by atoms with Gasteiger partial charge in [-0.15, -0.1) is 11.8 Å². The number of nitrogens with one attached hydrogen (secondary N) is 1. The molecule has 0 aromatic heterocycles. The second kappa shape index (κ2) is 7.48. The van der Waals surface area contributed by atoms with Gasteiger partial charge in [-0.05, 0) is 43.0 Å². The van der Waals surface area contributed by atoms with E-state index in [0.717, 1.165) is 10.6 Å². The van der Waals surface area contributed by atoms with Gasteiger partial charge in [-0.1, -0.05) is 18.5 Å². The molecule has 1 amide bonds. The van der Waals surface area contributed by atoms with Crippen LogP contribution in [0.4, 0.5) is 11.4 Å². The zero-order valence-electron chi connectivity index (χ0n) is 12.6. The molecule has 0 fully saturated rings. The van der Waals surface area contributed by atoms with Crippen LogP contribution in [-0.4, -0.2) is 16.6 Å². The Hall–Kier alpha value is -2.05. The van der Waals surface area contributed by atoms with Crippen molar-refractivity contribution >= 4 is 40.6 Å². The van der Waals surface area contributed by atoms with Gasteiger partial charge in [0.25, 0.3) is 11.6 Å². The van der Waals surface area contributed by atoms with Crippen LogP contribution in [-0.2, 0) is 0 Å². The highest BCUT2D eigenvalue weighted by Crippen LogP contribution is 2.30. The average molecular weight is 351 g/mol. The van der Waals surface area contributed by atoms with Crippen molar-refractivity contribution in [1.82, 2.24) is 0 Å². The molecule has 0 unspecified atom stereocenters. The first-order valence-electron chi connectivity index (χ1n) is 6.91. The number of carbonyl (C=O) groups is 1. The molecule has 2 rings (SSSR count). The van der Waals surface area contributed by atoms with Gasteiger partial charge < -0.3 is 5.32 Å². The number of rotatable bonds is 5. The van der Waals surface area contributed by atoms with E-state index in [9.17, 15) is 14.9 Å². The standard InChI is InChI=1S/C16H15ClN2O3S/c1-3-23-15-7-5-12(17)9-13(15)18-16(20)11-4-6-14(19(21)22)10(2)8-11/h4-9H,3H2,1-2H3,(H,18,20). The van der Waals surface area contributed by atoms with Crippen LogP contribution < -0.4 is 5.32 Å². The zero-order valence-corrected chi connectivity index (χ0v) is 14.2. The summed E-state index contributed by atoms with van der Waals surface area (Å²) in [4.78, 5) is 23.7. The Bertz CT molecular complexity index is 765. The molecule has 0 atom stereocenters. The lowest BCUT2D eigenvalue weighted by atomic mass is 10.1. The Morgan fingerprint density at radius 1 is 1.30 bits per heavy atom. The number of halogens is 1. The summed E-state index contributed by atoms with van der Waals surface area (Å²) in [5.74, 6) is 0.532. The fourth-order valence-electron chi connectivity index (χ4n) is 2.08. The van der Waals surface area contributed by atoms with E-state index in [1.165, 1.54) is 18.2 Å². The van der Waals surface area contributed by atoms with Gasteiger partial charge in [-0.2, -0.15) is 0 Å². The Labute approximate surface area is 143 Å². The average Bonchev–Trinajstić information content (AvgIpc) is 2.49. The molecule has 0 bridgehead atoms. The summed E-state index contributed by atoms with van der Waals surface area (Å²) in [5, 5.41) is 14.2. The number of nitrogens with zero attached hydrogens (tertiary/aromatic N) is 1. The molecular weight excluding hydrogens is 336 g/mol. The van der Waals surface area contributed by atoms with Crippen molar-refractivity contribution < 1.29 is 9.72 Å². The Morgan fingerprint density at radius 2 is 2.04 bits per heavy atom. The number of nitro groups is 1. The van der Waals surface area contributed by atoms with E-state index in [0.29, 0.717) is 21.8 Å². The smallest absolute Gasteiger partial charge is 0.272 e. The molecule has 0 aliphatic carbocycles. The van der Waals surface area contributed by atoms with Crippen LogP contribution >= 0.6 is 23.4 Å². The number of benzene rings is 2. The minimum absolute atomic E-state index is 0.00784. The van der Waals surface area contributed by atoms with Crippen LogP contribution in [0.25, 0.3) is 0 Å². The highest BCUT2D eigenvalue weighted by atomic mass is 35.5. The number of anilines is 1. The lowest BCUT2D eigenvalue weighted by Crippen LogP contribution is -2.13. The fraction of sp³-hybridized carbons (Fsp3) is 0.188. The molecule has 0 spiro atoms. The van der Waals surface area contributed by atoms with Crippen molar-refractivity contribution in [3.05, 3.63) is 62.7 Å². The van der Waals surface area contributed by atoms with Gasteiger partial charge in [0.15, 0.2) is 0 Å². The minimum Gasteiger partial charge on any atom is -0.321 e. The van der Waals surface area contributed by atoms with Gasteiger partial charge in [0.2, 0.25) is 0 Å². The van der Waals surface area contributed by atoms with Gasteiger partial charge in [-0.25, -0.2) is 0 Å². The molecule has 0 heterocycles. The van der Waals surface area contributed by atoms with Gasteiger partial charge in [-0.3, -0.25) is 14.9 Å². The lowest BCUT2D eigenvalue weighted by Gasteiger charge is -2.11. The number of thioether (sulfide) groups is 1. The summed E-state index contributed by atoms with van der Waals surface area (Å²) in [6.07, 6.45) is 0. The Morgan fingerprint density at radius 3 is 2.65 bits per heavy atom. The highest BCUT2D eigenvalue weighted by Gasteiger charge is 2.15. The second-order valence-electron chi connectivity index (χ2n) is 4.79. The molecule has 5 nitrogen and oxygen atoms in total. The molecule has 2 aromatic carbocycles. The van der Waals surface area contributed by atoms with Crippen LogP contribution in [0.5, 0.6) is 0 Å². The van der Waals surface area contributed by atoms with Gasteiger partial charge in [0.05, 0.1) is 10.6 Å². The van der Waals surface area contributed by atoms with E-state index in [2.05, 4.69) is 5.32 Å². The SMILES string of the molecule is CCSc1ccc(Cl)cc1NC(=O)c1ccc([N+](=O)[O-])c(C)c1. The third kappa shape index (κ3) is 4.24. The van der Waals surface area contributed by atoms with Crippen molar-refractivity contribution in [2.75, 3.05) is 11.1 Å². The first-order chi connectivity index (χ1) is 10.9. The normalized spacial score (nSPS) is 10.4. The van der Waals surface area contributed by atoms with Gasteiger partial charge in [0, 0.05) is 27.1 Å². The molecule has 7 heteroatoms. The topological polar surface area (TPSA) is 72.2 Å². The van der Waals surface area contributed by atoms with Crippen molar-refractivity contribution in [2.24, 2.45) is 0 Å². The number of hydrogen-bond donors (Lipinski definition) is 1. The summed E-state index contributed by atoms with van der Waals surface area (Å²) in [6, 6.07) is 9.60. The predicted molar refractivity (Wildman–Crippen MR) is 93.6 cm³/mol. The molecule has 0 saturated carbocycles. The van der Waals surface area contributed by atoms with Crippen molar-refractivity contribution in [3.8, 4) is 0 Å². The van der Waals surface area contributed by atoms with Crippen LogP contribution in [0.3, 0.4) is 0 Å². The van der Waals surface area contributed by atoms with E-state index >= 15 is 0 Å². The lowest BCUT2D eigenvalue weighted by molar-refractivity contribution is -0.385. The predicted octanol–water partition coefficient (Wildman–Crippen LogP) is 4.92. The third-order valence-corrected chi connectivity index (χ3v) is 4.34. The molecule has 1 N–H and O–H groups in total. The molecule has 2 aromatic rings. The first kappa shape index (κ1) is 17.3. The maximum Gasteiger partial charge on any atom is 0.272 e. The van der Waals surface area contributed by atoms with Crippen LogP contribution in [0.15, 0.2) is 41.3 Å². The molecule has 0 radical (unpaired) electrons. The summed E-state index contributed by atoms with van der Waals surface area (Å²) < 4.78 is 0. The minimum atomic E-state index is -0.468. The van der Waals surface area contributed by atoms with E-state index in [-0.39, 0.29) is 11.6 Å². The molecule has 23 heavy (non-hydrogen) atoms. The van der Waals surface area contributed by atoms with E-state index in [1.54, 1.807) is 30.8 Å². The maximum atomic E-state index is 12.4. The van der Waals surface area contributed by atoms with E-state index in [1.807, 2.05) is 13.0 Å². The second-order valence-corrected chi connectivity index (χ2v) is 6.53. The molecule has 0 aliphatic heterocycles. The summed E-state index contributed by atoms with van der Waals surface area (Å²) in [7, 11) is 0. The molecule has 0 aliphatic rings. The maximum absolute atomic E-state index is 12.4.